The Bertz CT molecular complexity index is 1220. The van der Waals surface area contributed by atoms with Gasteiger partial charge in [0.1, 0.15) is 5.75 Å². The number of para-hydroxylation sites is 2. The van der Waals surface area contributed by atoms with Crippen LogP contribution in [0.25, 0.3) is 16.4 Å². The minimum Gasteiger partial charge on any atom is -0.495 e. The molecule has 1 amide bonds. The number of nitrogens with zero attached hydrogens (tertiary/aromatic N) is 4. The van der Waals surface area contributed by atoms with Gasteiger partial charge in [0.15, 0.2) is 11.0 Å². The lowest BCUT2D eigenvalue weighted by molar-refractivity contribution is -0.115. The van der Waals surface area contributed by atoms with Crippen molar-refractivity contribution in [2.24, 2.45) is 0 Å². The van der Waals surface area contributed by atoms with Crippen LogP contribution in [0.2, 0.25) is 0 Å². The van der Waals surface area contributed by atoms with Crippen molar-refractivity contribution in [1.82, 2.24) is 14.8 Å². The number of rotatable bonds is 8. The molecule has 0 radical (unpaired) electrons. The molecular formula is C24H25N5O2S2. The number of anilines is 2. The van der Waals surface area contributed by atoms with Crippen molar-refractivity contribution < 1.29 is 9.53 Å². The van der Waals surface area contributed by atoms with E-state index in [2.05, 4.69) is 15.5 Å². The average molecular weight is 480 g/mol. The zero-order valence-electron chi connectivity index (χ0n) is 18.9. The molecule has 1 atom stereocenters. The van der Waals surface area contributed by atoms with Crippen LogP contribution in [0.4, 0.5) is 11.4 Å². The number of hydrogen-bond acceptors (Lipinski definition) is 7. The molecule has 0 spiro atoms. The van der Waals surface area contributed by atoms with Crippen LogP contribution in [0, 0.1) is 0 Å². The third-order valence-corrected chi connectivity index (χ3v) is 6.91. The van der Waals surface area contributed by atoms with E-state index in [9.17, 15) is 4.79 Å². The van der Waals surface area contributed by atoms with E-state index in [1.807, 2.05) is 96.5 Å². The van der Waals surface area contributed by atoms with Crippen LogP contribution in [-0.4, -0.2) is 47.1 Å². The quantitative estimate of drug-likeness (QED) is 0.351. The van der Waals surface area contributed by atoms with Gasteiger partial charge in [-0.05, 0) is 54.8 Å². The van der Waals surface area contributed by atoms with E-state index >= 15 is 0 Å². The summed E-state index contributed by atoms with van der Waals surface area (Å²) in [7, 11) is 5.60. The molecule has 0 saturated heterocycles. The summed E-state index contributed by atoms with van der Waals surface area (Å²) >= 11 is 2.94. The molecule has 4 aromatic rings. The van der Waals surface area contributed by atoms with Crippen molar-refractivity contribution in [2.45, 2.75) is 17.3 Å². The van der Waals surface area contributed by atoms with E-state index in [-0.39, 0.29) is 5.91 Å². The second-order valence-corrected chi connectivity index (χ2v) is 9.74. The summed E-state index contributed by atoms with van der Waals surface area (Å²) in [6, 6.07) is 19.4. The molecule has 1 unspecified atom stereocenters. The van der Waals surface area contributed by atoms with Crippen LogP contribution in [0.3, 0.4) is 0 Å². The first-order chi connectivity index (χ1) is 16.0. The molecule has 0 bridgehead atoms. The van der Waals surface area contributed by atoms with Crippen LogP contribution in [0.1, 0.15) is 6.92 Å². The maximum absolute atomic E-state index is 12.9. The van der Waals surface area contributed by atoms with Gasteiger partial charge < -0.3 is 15.0 Å². The number of methoxy groups -OCH3 is 1. The Morgan fingerprint density at radius 3 is 2.52 bits per heavy atom. The number of aromatic nitrogens is 3. The summed E-state index contributed by atoms with van der Waals surface area (Å²) in [6.45, 7) is 1.86. The first-order valence-corrected chi connectivity index (χ1v) is 12.1. The summed E-state index contributed by atoms with van der Waals surface area (Å²) in [5, 5.41) is 14.1. The Labute approximate surface area is 201 Å². The molecule has 9 heteroatoms. The van der Waals surface area contributed by atoms with E-state index in [4.69, 9.17) is 4.74 Å². The Hall–Kier alpha value is -3.30. The first kappa shape index (κ1) is 22.9. The van der Waals surface area contributed by atoms with Gasteiger partial charge in [-0.2, -0.15) is 0 Å². The predicted octanol–water partition coefficient (Wildman–Crippen LogP) is 5.19. The molecule has 33 heavy (non-hydrogen) atoms. The fraction of sp³-hybridized carbons (Fsp3) is 0.208. The number of ether oxygens (including phenoxy) is 1. The van der Waals surface area contributed by atoms with Gasteiger partial charge in [-0.1, -0.05) is 30.0 Å². The first-order valence-electron chi connectivity index (χ1n) is 10.4. The highest BCUT2D eigenvalue weighted by Crippen LogP contribution is 2.35. The third kappa shape index (κ3) is 5.04. The fourth-order valence-corrected chi connectivity index (χ4v) is 4.80. The average Bonchev–Trinajstić information content (AvgIpc) is 3.49. The van der Waals surface area contributed by atoms with Crippen LogP contribution >= 0.6 is 23.1 Å². The van der Waals surface area contributed by atoms with Crippen molar-refractivity contribution in [2.75, 3.05) is 31.4 Å². The van der Waals surface area contributed by atoms with Crippen molar-refractivity contribution in [1.29, 1.82) is 0 Å². The molecule has 7 nitrogen and oxygen atoms in total. The van der Waals surface area contributed by atoms with Crippen molar-refractivity contribution in [3.63, 3.8) is 0 Å². The van der Waals surface area contributed by atoms with Gasteiger partial charge in [-0.25, -0.2) is 0 Å². The van der Waals surface area contributed by atoms with Gasteiger partial charge in [0.25, 0.3) is 0 Å². The van der Waals surface area contributed by atoms with Gasteiger partial charge in [0, 0.05) is 25.5 Å². The van der Waals surface area contributed by atoms with Gasteiger partial charge in [-0.3, -0.25) is 9.36 Å². The second-order valence-electron chi connectivity index (χ2n) is 7.48. The Morgan fingerprint density at radius 1 is 1.09 bits per heavy atom. The van der Waals surface area contributed by atoms with Gasteiger partial charge in [0.05, 0.1) is 22.9 Å². The molecule has 2 aromatic heterocycles. The number of nitrogens with one attached hydrogen (secondary N) is 1. The molecular weight excluding hydrogens is 454 g/mol. The van der Waals surface area contributed by atoms with E-state index in [0.29, 0.717) is 16.7 Å². The summed E-state index contributed by atoms with van der Waals surface area (Å²) < 4.78 is 7.54. The van der Waals surface area contributed by atoms with E-state index in [1.54, 1.807) is 18.4 Å². The van der Waals surface area contributed by atoms with Crippen LogP contribution in [0.5, 0.6) is 5.75 Å². The normalized spacial score (nSPS) is 11.8. The summed E-state index contributed by atoms with van der Waals surface area (Å²) in [5.41, 5.74) is 2.65. The highest BCUT2D eigenvalue weighted by molar-refractivity contribution is 8.00. The molecule has 2 heterocycles. The van der Waals surface area contributed by atoms with Crippen LogP contribution in [-0.2, 0) is 4.79 Å². The molecule has 1 N–H and O–H groups in total. The molecule has 0 aliphatic rings. The lowest BCUT2D eigenvalue weighted by Gasteiger charge is -2.16. The SMILES string of the molecule is COc1ccccc1-n1c(SC(C)C(=O)Nc2ccc(N(C)C)cc2)nnc1-c1cccs1. The Morgan fingerprint density at radius 2 is 1.85 bits per heavy atom. The maximum Gasteiger partial charge on any atom is 0.237 e. The number of carbonyl (C=O) groups excluding carboxylic acids is 1. The smallest absolute Gasteiger partial charge is 0.237 e. The maximum atomic E-state index is 12.9. The number of amides is 1. The Kier molecular flexibility index (Phi) is 7.00. The molecule has 0 aliphatic carbocycles. The van der Waals surface area contributed by atoms with Crippen LogP contribution < -0.4 is 15.0 Å². The van der Waals surface area contributed by atoms with Gasteiger partial charge in [-0.15, -0.1) is 21.5 Å². The number of thiophene rings is 1. The van der Waals surface area contributed by atoms with Crippen molar-refractivity contribution >= 4 is 40.4 Å². The molecule has 0 aliphatic heterocycles. The largest absolute Gasteiger partial charge is 0.495 e. The van der Waals surface area contributed by atoms with Crippen molar-refractivity contribution in [3.8, 4) is 22.1 Å². The summed E-state index contributed by atoms with van der Waals surface area (Å²) in [4.78, 5) is 15.9. The fourth-order valence-electron chi connectivity index (χ4n) is 3.24. The van der Waals surface area contributed by atoms with Crippen LogP contribution in [0.15, 0.2) is 71.2 Å². The summed E-state index contributed by atoms with van der Waals surface area (Å²) in [5.74, 6) is 1.31. The zero-order valence-corrected chi connectivity index (χ0v) is 20.5. The van der Waals surface area contributed by atoms with Gasteiger partial charge in [0.2, 0.25) is 5.91 Å². The second kappa shape index (κ2) is 10.1. The summed E-state index contributed by atoms with van der Waals surface area (Å²) in [6.07, 6.45) is 0. The molecule has 0 saturated carbocycles. The minimum absolute atomic E-state index is 0.107. The highest BCUT2D eigenvalue weighted by atomic mass is 32.2. The molecule has 2 aromatic carbocycles. The third-order valence-electron chi connectivity index (χ3n) is 5.00. The number of thioether (sulfide) groups is 1. The molecule has 4 rings (SSSR count). The standard InChI is InChI=1S/C24H25N5O2S2/c1-16(23(30)25-17-11-13-18(14-12-17)28(2)3)33-24-27-26-22(21-10-7-15-32-21)29(24)19-8-5-6-9-20(19)31-4/h5-16H,1-4H3,(H,25,30). The van der Waals surface area contributed by atoms with E-state index < -0.39 is 5.25 Å². The Balaban J connectivity index is 1.60. The molecule has 170 valence electrons. The predicted molar refractivity (Wildman–Crippen MR) is 136 cm³/mol. The minimum atomic E-state index is -0.396. The topological polar surface area (TPSA) is 72.3 Å². The van der Waals surface area contributed by atoms with Gasteiger partial charge >= 0.3 is 0 Å². The van der Waals surface area contributed by atoms with Crippen molar-refractivity contribution in [3.05, 3.63) is 66.0 Å². The van der Waals surface area contributed by atoms with E-state index in [0.717, 1.165) is 21.9 Å². The number of hydrogen-bond donors (Lipinski definition) is 1. The van der Waals surface area contributed by atoms with E-state index in [1.165, 1.54) is 11.8 Å². The number of carbonyl (C=O) groups is 1. The lowest BCUT2D eigenvalue weighted by atomic mass is 10.2. The lowest BCUT2D eigenvalue weighted by Crippen LogP contribution is -2.23. The number of benzene rings is 2. The monoisotopic (exact) mass is 479 g/mol. The zero-order chi connectivity index (χ0) is 23.4. The molecule has 0 fully saturated rings. The highest BCUT2D eigenvalue weighted by Gasteiger charge is 2.23.